The molecule has 5 nitrogen and oxygen atoms in total. The van der Waals surface area contributed by atoms with Crippen molar-refractivity contribution in [3.05, 3.63) is 29.3 Å². The number of sulfone groups is 1. The van der Waals surface area contributed by atoms with E-state index in [4.69, 9.17) is 10.00 Å². The summed E-state index contributed by atoms with van der Waals surface area (Å²) in [5.74, 6) is -0.646. The van der Waals surface area contributed by atoms with E-state index >= 15 is 0 Å². The summed E-state index contributed by atoms with van der Waals surface area (Å²) in [6, 6.07) is 6.30. The Bertz CT molecular complexity index is 658. The summed E-state index contributed by atoms with van der Waals surface area (Å²) in [5, 5.41) is 8.79. The summed E-state index contributed by atoms with van der Waals surface area (Å²) in [4.78, 5) is 11.6. The Balaban J connectivity index is 2.35. The van der Waals surface area contributed by atoms with E-state index in [2.05, 4.69) is 0 Å². The lowest BCUT2D eigenvalue weighted by atomic mass is 10.1. The molecular formula is C13H13NO4S. The molecule has 100 valence electrons. The molecule has 1 aromatic carbocycles. The summed E-state index contributed by atoms with van der Waals surface area (Å²) in [6.45, 7) is 1.85. The van der Waals surface area contributed by atoms with Gasteiger partial charge in [0.2, 0.25) is 0 Å². The van der Waals surface area contributed by atoms with Gasteiger partial charge >= 0.3 is 5.97 Å². The van der Waals surface area contributed by atoms with Crippen LogP contribution in [-0.2, 0) is 19.4 Å². The summed E-state index contributed by atoms with van der Waals surface area (Å²) >= 11 is 0. The largest absolute Gasteiger partial charge is 0.456 e. The van der Waals surface area contributed by atoms with E-state index in [0.29, 0.717) is 12.0 Å². The molecule has 1 aliphatic rings. The number of carbonyl (C=O) groups is 1. The van der Waals surface area contributed by atoms with Gasteiger partial charge in [-0.15, -0.1) is 0 Å². The van der Waals surface area contributed by atoms with Crippen LogP contribution in [-0.4, -0.2) is 20.1 Å². The summed E-state index contributed by atoms with van der Waals surface area (Å²) < 4.78 is 29.1. The third kappa shape index (κ3) is 2.61. The highest BCUT2D eigenvalue weighted by atomic mass is 32.2. The minimum Gasteiger partial charge on any atom is -0.456 e. The van der Waals surface area contributed by atoms with Crippen molar-refractivity contribution in [3.8, 4) is 6.07 Å². The molecule has 1 unspecified atom stereocenters. The maximum atomic E-state index is 12.0. The van der Waals surface area contributed by atoms with Crippen LogP contribution in [0.1, 0.15) is 37.0 Å². The second kappa shape index (κ2) is 5.02. The highest BCUT2D eigenvalue weighted by molar-refractivity contribution is 7.91. The standard InChI is InChI=1S/C13H13NO4S/c1-2-3-13(15)18-11-8-19(16,17)12-6-9(7-14)4-5-10(11)12/h4-6,11H,2-3,8H2,1H3. The van der Waals surface area contributed by atoms with Crippen molar-refractivity contribution in [3.63, 3.8) is 0 Å². The van der Waals surface area contributed by atoms with Crippen molar-refractivity contribution in [1.29, 1.82) is 5.26 Å². The SMILES string of the molecule is CCCC(=O)OC1CS(=O)(=O)c2cc(C#N)ccc21. The van der Waals surface area contributed by atoms with Gasteiger partial charge in [-0.2, -0.15) is 5.26 Å². The van der Waals surface area contributed by atoms with E-state index in [-0.39, 0.29) is 22.6 Å². The fraction of sp³-hybridized carbons (Fsp3) is 0.385. The van der Waals surface area contributed by atoms with E-state index in [0.717, 1.165) is 0 Å². The van der Waals surface area contributed by atoms with Crippen LogP contribution in [0.4, 0.5) is 0 Å². The van der Waals surface area contributed by atoms with Gasteiger partial charge < -0.3 is 4.74 Å². The molecule has 0 amide bonds. The van der Waals surface area contributed by atoms with Crippen molar-refractivity contribution in [1.82, 2.24) is 0 Å². The number of hydrogen-bond donors (Lipinski definition) is 0. The number of hydrogen-bond acceptors (Lipinski definition) is 5. The maximum Gasteiger partial charge on any atom is 0.306 e. The fourth-order valence-corrected chi connectivity index (χ4v) is 3.73. The number of ether oxygens (including phenoxy) is 1. The summed E-state index contributed by atoms with van der Waals surface area (Å²) in [7, 11) is -3.48. The molecule has 19 heavy (non-hydrogen) atoms. The van der Waals surface area contributed by atoms with Crippen LogP contribution in [0.3, 0.4) is 0 Å². The first kappa shape index (κ1) is 13.6. The van der Waals surface area contributed by atoms with E-state index in [9.17, 15) is 13.2 Å². The molecule has 0 fully saturated rings. The summed E-state index contributed by atoms with van der Waals surface area (Å²) in [6.07, 6.45) is 0.160. The lowest BCUT2D eigenvalue weighted by molar-refractivity contribution is -0.148. The van der Waals surface area contributed by atoms with Gasteiger partial charge in [0.15, 0.2) is 9.84 Å². The zero-order chi connectivity index (χ0) is 14.0. The van der Waals surface area contributed by atoms with Crippen molar-refractivity contribution >= 4 is 15.8 Å². The van der Waals surface area contributed by atoms with Gasteiger partial charge in [0.25, 0.3) is 0 Å². The molecule has 0 spiro atoms. The second-order valence-corrected chi connectivity index (χ2v) is 6.38. The van der Waals surface area contributed by atoms with Gasteiger partial charge in [-0.25, -0.2) is 8.42 Å². The van der Waals surface area contributed by atoms with Gasteiger partial charge in [0, 0.05) is 12.0 Å². The molecule has 0 radical (unpaired) electrons. The molecule has 1 heterocycles. The van der Waals surface area contributed by atoms with E-state index in [1.807, 2.05) is 13.0 Å². The van der Waals surface area contributed by atoms with Crippen molar-refractivity contribution in [2.24, 2.45) is 0 Å². The predicted octanol–water partition coefficient (Wildman–Crippen LogP) is 1.73. The molecule has 6 heteroatoms. The molecule has 0 saturated carbocycles. The Morgan fingerprint density at radius 1 is 1.53 bits per heavy atom. The number of nitrogens with zero attached hydrogens (tertiary/aromatic N) is 1. The maximum absolute atomic E-state index is 12.0. The van der Waals surface area contributed by atoms with Gasteiger partial charge in [0.05, 0.1) is 22.3 Å². The number of esters is 1. The number of carbonyl (C=O) groups excluding carboxylic acids is 1. The van der Waals surface area contributed by atoms with Crippen LogP contribution in [0, 0.1) is 11.3 Å². The normalized spacial score (nSPS) is 19.5. The Kier molecular flexibility index (Phi) is 3.58. The van der Waals surface area contributed by atoms with Crippen LogP contribution in [0.5, 0.6) is 0 Å². The third-order valence-electron chi connectivity index (χ3n) is 2.92. The minimum absolute atomic E-state index is 0.0980. The molecule has 1 atom stereocenters. The van der Waals surface area contributed by atoms with Gasteiger partial charge in [-0.05, 0) is 18.6 Å². The number of benzene rings is 1. The van der Waals surface area contributed by atoms with Gasteiger partial charge in [-0.1, -0.05) is 13.0 Å². The molecule has 0 aromatic heterocycles. The van der Waals surface area contributed by atoms with Crippen molar-refractivity contribution in [2.75, 3.05) is 5.75 Å². The van der Waals surface area contributed by atoms with E-state index < -0.39 is 21.9 Å². The minimum atomic E-state index is -3.48. The molecule has 0 N–H and O–H groups in total. The molecule has 2 rings (SSSR count). The molecule has 0 aliphatic carbocycles. The Morgan fingerprint density at radius 3 is 2.89 bits per heavy atom. The van der Waals surface area contributed by atoms with Crippen LogP contribution in [0.15, 0.2) is 23.1 Å². The zero-order valence-corrected chi connectivity index (χ0v) is 11.2. The first-order chi connectivity index (χ1) is 8.97. The topological polar surface area (TPSA) is 84.2 Å². The third-order valence-corrected chi connectivity index (χ3v) is 4.69. The molecule has 0 bridgehead atoms. The van der Waals surface area contributed by atoms with Gasteiger partial charge in [-0.3, -0.25) is 4.79 Å². The fourth-order valence-electron chi connectivity index (χ4n) is 2.04. The Hall–Kier alpha value is -1.87. The van der Waals surface area contributed by atoms with Crippen LogP contribution >= 0.6 is 0 Å². The van der Waals surface area contributed by atoms with Crippen LogP contribution in [0.2, 0.25) is 0 Å². The monoisotopic (exact) mass is 279 g/mol. The molecule has 1 aromatic rings. The van der Waals surface area contributed by atoms with Crippen molar-refractivity contribution < 1.29 is 17.9 Å². The molecule has 0 saturated heterocycles. The van der Waals surface area contributed by atoms with E-state index in [1.54, 1.807) is 6.07 Å². The van der Waals surface area contributed by atoms with Crippen molar-refractivity contribution in [2.45, 2.75) is 30.8 Å². The number of rotatable bonds is 3. The Labute approximate surface area is 111 Å². The molecule has 1 aliphatic heterocycles. The first-order valence-electron chi connectivity index (χ1n) is 5.94. The highest BCUT2D eigenvalue weighted by Crippen LogP contribution is 2.36. The lowest BCUT2D eigenvalue weighted by Crippen LogP contribution is -2.12. The van der Waals surface area contributed by atoms with Crippen LogP contribution in [0.25, 0.3) is 0 Å². The zero-order valence-electron chi connectivity index (χ0n) is 10.4. The lowest BCUT2D eigenvalue weighted by Gasteiger charge is -2.11. The van der Waals surface area contributed by atoms with Crippen LogP contribution < -0.4 is 0 Å². The predicted molar refractivity (Wildman–Crippen MR) is 67.0 cm³/mol. The molecular weight excluding hydrogens is 266 g/mol. The highest BCUT2D eigenvalue weighted by Gasteiger charge is 2.37. The summed E-state index contributed by atoms with van der Waals surface area (Å²) in [5.41, 5.74) is 0.742. The van der Waals surface area contributed by atoms with Gasteiger partial charge in [0.1, 0.15) is 6.10 Å². The average molecular weight is 279 g/mol. The average Bonchev–Trinajstić information content (AvgIpc) is 2.61. The Morgan fingerprint density at radius 2 is 2.26 bits per heavy atom. The van der Waals surface area contributed by atoms with E-state index in [1.165, 1.54) is 12.1 Å². The second-order valence-electron chi connectivity index (χ2n) is 4.37. The smallest absolute Gasteiger partial charge is 0.306 e. The first-order valence-corrected chi connectivity index (χ1v) is 7.59. The number of nitriles is 1. The number of fused-ring (bicyclic) bond motifs is 1. The quantitative estimate of drug-likeness (QED) is 0.787.